The SMILES string of the molecule is CCCCN1CCOB([C@H](CC(C)C)NC(=O)CNC(=O)c2cc(Cl)ccc2Br)OCC1. The maximum absolute atomic E-state index is 12.6. The number of carbonyl (C=O) groups is 2. The highest BCUT2D eigenvalue weighted by Gasteiger charge is 2.33. The summed E-state index contributed by atoms with van der Waals surface area (Å²) in [6.07, 6.45) is 3.03. The first-order valence-electron chi connectivity index (χ1n) is 11.3. The summed E-state index contributed by atoms with van der Waals surface area (Å²) >= 11 is 9.31. The smallest absolute Gasteiger partial charge is 0.408 e. The lowest BCUT2D eigenvalue weighted by atomic mass is 9.73. The molecule has 1 atom stereocenters. The van der Waals surface area contributed by atoms with E-state index >= 15 is 0 Å². The lowest BCUT2D eigenvalue weighted by molar-refractivity contribution is -0.120. The van der Waals surface area contributed by atoms with E-state index in [4.69, 9.17) is 20.9 Å². The molecule has 1 aliphatic heterocycles. The van der Waals surface area contributed by atoms with E-state index in [-0.39, 0.29) is 24.3 Å². The third-order valence-corrected chi connectivity index (χ3v) is 6.12. The third-order valence-electron chi connectivity index (χ3n) is 5.19. The standard InChI is InChI=1S/C22H34BBrClN3O4/c1-4-5-8-28-9-11-31-23(32-12-10-28)20(13-16(2)3)27-21(29)15-26-22(30)18-14-17(25)6-7-19(18)24/h6-7,14,16,20H,4-5,8-13,15H2,1-3H3,(H,26,30)(H,27,29)/t20-/m0/s1. The summed E-state index contributed by atoms with van der Waals surface area (Å²) in [4.78, 5) is 27.4. The van der Waals surface area contributed by atoms with Gasteiger partial charge >= 0.3 is 7.12 Å². The summed E-state index contributed by atoms with van der Waals surface area (Å²) in [5.74, 6) is -0.614. The van der Waals surface area contributed by atoms with Crippen molar-refractivity contribution in [3.63, 3.8) is 0 Å². The number of amides is 2. The zero-order valence-corrected chi connectivity index (χ0v) is 21.5. The topological polar surface area (TPSA) is 79.9 Å². The van der Waals surface area contributed by atoms with Gasteiger partial charge in [-0.05, 0) is 59.4 Å². The predicted octanol–water partition coefficient (Wildman–Crippen LogP) is 3.54. The number of hydrogen-bond donors (Lipinski definition) is 2. The Bertz CT molecular complexity index is 746. The molecule has 2 N–H and O–H groups in total. The van der Waals surface area contributed by atoms with Gasteiger partial charge in [-0.2, -0.15) is 0 Å². The number of halogens is 2. The van der Waals surface area contributed by atoms with Crippen molar-refractivity contribution in [1.29, 1.82) is 0 Å². The fourth-order valence-corrected chi connectivity index (χ4v) is 4.12. The van der Waals surface area contributed by atoms with Gasteiger partial charge in [0.1, 0.15) is 0 Å². The van der Waals surface area contributed by atoms with Crippen LogP contribution in [0.25, 0.3) is 0 Å². The zero-order valence-electron chi connectivity index (χ0n) is 19.2. The molecule has 0 bridgehead atoms. The molecule has 1 saturated heterocycles. The number of hydrogen-bond acceptors (Lipinski definition) is 5. The van der Waals surface area contributed by atoms with Crippen LogP contribution < -0.4 is 10.6 Å². The molecule has 32 heavy (non-hydrogen) atoms. The molecule has 10 heteroatoms. The molecule has 2 rings (SSSR count). The Hall–Kier alpha value is -1.13. The largest absolute Gasteiger partial charge is 0.480 e. The zero-order chi connectivity index (χ0) is 23.5. The third kappa shape index (κ3) is 9.39. The molecule has 2 amide bonds. The Morgan fingerprint density at radius 2 is 1.94 bits per heavy atom. The summed E-state index contributed by atoms with van der Waals surface area (Å²) in [6.45, 7) is 10.1. The Morgan fingerprint density at radius 3 is 2.56 bits per heavy atom. The van der Waals surface area contributed by atoms with Gasteiger partial charge in [0.15, 0.2) is 0 Å². The number of nitrogens with zero attached hydrogens (tertiary/aromatic N) is 1. The minimum Gasteiger partial charge on any atom is -0.408 e. The lowest BCUT2D eigenvalue weighted by Gasteiger charge is -2.31. The van der Waals surface area contributed by atoms with Crippen LogP contribution in [0.2, 0.25) is 5.02 Å². The molecule has 1 aromatic carbocycles. The minimum absolute atomic E-state index is 0.149. The molecule has 0 spiro atoms. The summed E-state index contributed by atoms with van der Waals surface area (Å²) in [5.41, 5.74) is 0.378. The van der Waals surface area contributed by atoms with Gasteiger partial charge in [-0.15, -0.1) is 0 Å². The van der Waals surface area contributed by atoms with Crippen molar-refractivity contribution in [2.75, 3.05) is 39.4 Å². The predicted molar refractivity (Wildman–Crippen MR) is 132 cm³/mol. The van der Waals surface area contributed by atoms with Gasteiger partial charge in [0, 0.05) is 35.8 Å². The van der Waals surface area contributed by atoms with Crippen LogP contribution in [-0.2, 0) is 14.1 Å². The fraction of sp³-hybridized carbons (Fsp3) is 0.636. The summed E-state index contributed by atoms with van der Waals surface area (Å²) in [5, 5.41) is 6.09. The van der Waals surface area contributed by atoms with Crippen LogP contribution in [0.5, 0.6) is 0 Å². The number of rotatable bonds is 10. The van der Waals surface area contributed by atoms with E-state index in [2.05, 4.69) is 52.2 Å². The van der Waals surface area contributed by atoms with E-state index in [1.54, 1.807) is 18.2 Å². The van der Waals surface area contributed by atoms with Gasteiger partial charge < -0.3 is 19.9 Å². The first-order chi connectivity index (χ1) is 15.3. The number of nitrogens with one attached hydrogen (secondary N) is 2. The van der Waals surface area contributed by atoms with E-state index in [9.17, 15) is 9.59 Å². The van der Waals surface area contributed by atoms with E-state index in [0.29, 0.717) is 40.6 Å². The van der Waals surface area contributed by atoms with Crippen LogP contribution in [0, 0.1) is 5.92 Å². The van der Waals surface area contributed by atoms with E-state index in [1.807, 2.05) is 0 Å². The van der Waals surface area contributed by atoms with Gasteiger partial charge in [0.25, 0.3) is 5.91 Å². The van der Waals surface area contributed by atoms with Crippen LogP contribution in [0.1, 0.15) is 50.4 Å². The molecular weight excluding hydrogens is 496 g/mol. The minimum atomic E-state index is -0.507. The second-order valence-corrected chi connectivity index (χ2v) is 9.71. The Labute approximate surface area is 205 Å². The van der Waals surface area contributed by atoms with Crippen LogP contribution >= 0.6 is 27.5 Å². The van der Waals surface area contributed by atoms with Crippen LogP contribution in [0.3, 0.4) is 0 Å². The van der Waals surface area contributed by atoms with Gasteiger partial charge in [-0.25, -0.2) is 0 Å². The maximum atomic E-state index is 12.6. The molecule has 0 saturated carbocycles. The number of benzene rings is 1. The van der Waals surface area contributed by atoms with Crippen LogP contribution in [0.4, 0.5) is 0 Å². The molecule has 1 aromatic rings. The highest BCUT2D eigenvalue weighted by Crippen LogP contribution is 2.21. The molecule has 7 nitrogen and oxygen atoms in total. The molecular formula is C22H34BBrClN3O4. The average Bonchev–Trinajstić information content (AvgIpc) is 2.72. The molecule has 0 aromatic heterocycles. The summed E-state index contributed by atoms with van der Waals surface area (Å²) in [6, 6.07) is 4.94. The summed E-state index contributed by atoms with van der Waals surface area (Å²) in [7, 11) is -0.507. The first kappa shape index (κ1) is 27.1. The van der Waals surface area contributed by atoms with Crippen molar-refractivity contribution in [2.24, 2.45) is 5.92 Å². The molecule has 1 heterocycles. The van der Waals surface area contributed by atoms with Crippen LogP contribution in [-0.4, -0.2) is 69.2 Å². The molecule has 0 unspecified atom stereocenters. The van der Waals surface area contributed by atoms with Gasteiger partial charge in [-0.1, -0.05) is 38.8 Å². The van der Waals surface area contributed by atoms with Crippen molar-refractivity contribution < 1.29 is 18.9 Å². The van der Waals surface area contributed by atoms with Gasteiger partial charge in [-0.3, -0.25) is 14.5 Å². The van der Waals surface area contributed by atoms with Crippen molar-refractivity contribution in [2.45, 2.75) is 46.0 Å². The van der Waals surface area contributed by atoms with Crippen LogP contribution in [0.15, 0.2) is 22.7 Å². The van der Waals surface area contributed by atoms with Crippen molar-refractivity contribution in [3.8, 4) is 0 Å². The molecule has 0 radical (unpaired) electrons. The molecule has 1 fully saturated rings. The van der Waals surface area contributed by atoms with E-state index < -0.39 is 7.12 Å². The molecule has 178 valence electrons. The normalized spacial score (nSPS) is 16.4. The number of unbranched alkanes of at least 4 members (excludes halogenated alkanes) is 1. The van der Waals surface area contributed by atoms with E-state index in [1.165, 1.54) is 0 Å². The van der Waals surface area contributed by atoms with Crippen molar-refractivity contribution in [1.82, 2.24) is 15.5 Å². The summed E-state index contributed by atoms with van der Waals surface area (Å²) < 4.78 is 12.6. The quantitative estimate of drug-likeness (QED) is 0.453. The highest BCUT2D eigenvalue weighted by atomic mass is 79.9. The monoisotopic (exact) mass is 529 g/mol. The maximum Gasteiger partial charge on any atom is 0.480 e. The Morgan fingerprint density at radius 1 is 1.25 bits per heavy atom. The van der Waals surface area contributed by atoms with E-state index in [0.717, 1.165) is 32.5 Å². The van der Waals surface area contributed by atoms with Crippen molar-refractivity contribution in [3.05, 3.63) is 33.3 Å². The first-order valence-corrected chi connectivity index (χ1v) is 12.5. The second kappa shape index (κ2) is 14.2. The van der Waals surface area contributed by atoms with Gasteiger partial charge in [0.2, 0.25) is 5.91 Å². The van der Waals surface area contributed by atoms with Gasteiger partial charge in [0.05, 0.1) is 18.0 Å². The number of carbonyl (C=O) groups excluding carboxylic acids is 2. The average molecular weight is 531 g/mol. The highest BCUT2D eigenvalue weighted by molar-refractivity contribution is 9.10. The Balaban J connectivity index is 1.90. The second-order valence-electron chi connectivity index (χ2n) is 8.42. The molecule has 1 aliphatic rings. The van der Waals surface area contributed by atoms with Crippen molar-refractivity contribution >= 4 is 46.5 Å². The Kier molecular flexibility index (Phi) is 12.0. The lowest BCUT2D eigenvalue weighted by Crippen LogP contribution is -2.54. The fourth-order valence-electron chi connectivity index (χ4n) is 3.52. The molecule has 0 aliphatic carbocycles.